The zero-order chi connectivity index (χ0) is 16.8. The normalized spacial score (nSPS) is 11.8. The van der Waals surface area contributed by atoms with Crippen LogP contribution in [0, 0.1) is 34.1 Å². The maximum atomic E-state index is 12.2. The van der Waals surface area contributed by atoms with Gasteiger partial charge in [-0.1, -0.05) is 5.16 Å². The summed E-state index contributed by atoms with van der Waals surface area (Å²) in [6, 6.07) is 0. The van der Waals surface area contributed by atoms with Crippen LogP contribution in [0.25, 0.3) is 11.1 Å². The molecule has 0 aromatic carbocycles. The second kappa shape index (κ2) is 4.83. The smallest absolute Gasteiger partial charge is 0.354 e. The molecule has 0 bridgehead atoms. The summed E-state index contributed by atoms with van der Waals surface area (Å²) in [6.45, 7) is 2.23. The summed E-state index contributed by atoms with van der Waals surface area (Å²) in [4.78, 5) is 32.1. The minimum atomic E-state index is -1.28. The lowest BCUT2D eigenvalue weighted by Gasteiger charge is -2.08. The van der Waals surface area contributed by atoms with E-state index >= 15 is 0 Å². The molecule has 2 aromatic heterocycles. The molecule has 2 aromatic rings. The quantitative estimate of drug-likeness (QED) is 0.349. The van der Waals surface area contributed by atoms with Gasteiger partial charge >= 0.3 is 11.4 Å². The molecule has 0 aliphatic rings. The van der Waals surface area contributed by atoms with Gasteiger partial charge in [-0.15, -0.1) is 4.73 Å². The minimum absolute atomic E-state index is 0.195. The molecule has 12 nitrogen and oxygen atoms in total. The van der Waals surface area contributed by atoms with Crippen LogP contribution in [0.5, 0.6) is 0 Å². The van der Waals surface area contributed by atoms with Crippen molar-refractivity contribution in [3.05, 3.63) is 47.3 Å². The highest BCUT2D eigenvalue weighted by Gasteiger charge is 2.30. The molecule has 22 heavy (non-hydrogen) atoms. The van der Waals surface area contributed by atoms with Crippen LogP contribution in [-0.4, -0.2) is 25.0 Å². The number of hydrogen-bond acceptors (Lipinski definition) is 9. The van der Waals surface area contributed by atoms with Gasteiger partial charge in [-0.2, -0.15) is 0 Å². The molecular weight excluding hydrogens is 304 g/mol. The first kappa shape index (κ1) is 15.0. The zero-order valence-corrected chi connectivity index (χ0v) is 11.1. The third-order valence-electron chi connectivity index (χ3n) is 3.02. The molecule has 0 aliphatic heterocycles. The monoisotopic (exact) mass is 312 g/mol. The number of hydrogen-bond donors (Lipinski definition) is 2. The van der Waals surface area contributed by atoms with E-state index in [1.165, 1.54) is 0 Å². The van der Waals surface area contributed by atoms with Gasteiger partial charge in [0.15, 0.2) is 11.1 Å². The van der Waals surface area contributed by atoms with E-state index in [9.17, 15) is 30.2 Å². The standard InChI is InChI=1S/C10H8N4O8/c1-3-7(13(18)19)6(11-16)5-9(15)8(14(20)21)4(2)22-10(5)12(3)17/h16-17H,1-2H3/b11-6-. The number of aromatic nitrogens is 1. The Labute approximate surface area is 119 Å². The highest BCUT2D eigenvalue weighted by Crippen LogP contribution is 2.22. The van der Waals surface area contributed by atoms with E-state index in [0.29, 0.717) is 0 Å². The molecule has 0 amide bonds. The van der Waals surface area contributed by atoms with Crippen LogP contribution in [0.1, 0.15) is 11.5 Å². The topological polar surface area (TPSA) is 174 Å². The number of nitro groups is 2. The fraction of sp³-hybridized carbons (Fsp3) is 0.200. The Morgan fingerprint density at radius 2 is 1.73 bits per heavy atom. The second-order valence-corrected chi connectivity index (χ2v) is 4.22. The molecule has 12 heteroatoms. The summed E-state index contributed by atoms with van der Waals surface area (Å²) in [5, 5.41) is 41.9. The lowest BCUT2D eigenvalue weighted by atomic mass is 10.2. The predicted molar refractivity (Wildman–Crippen MR) is 67.8 cm³/mol. The molecule has 2 heterocycles. The van der Waals surface area contributed by atoms with Crippen LogP contribution in [0.3, 0.4) is 0 Å². The van der Waals surface area contributed by atoms with Gasteiger partial charge < -0.3 is 14.8 Å². The Balaban J connectivity index is 3.30. The van der Waals surface area contributed by atoms with Gasteiger partial charge in [0.25, 0.3) is 5.43 Å². The van der Waals surface area contributed by atoms with Crippen LogP contribution in [0.2, 0.25) is 0 Å². The summed E-state index contributed by atoms with van der Waals surface area (Å²) in [6.07, 6.45) is 0. The van der Waals surface area contributed by atoms with Crippen molar-refractivity contribution < 1.29 is 24.7 Å². The van der Waals surface area contributed by atoms with Crippen molar-refractivity contribution in [3.8, 4) is 0 Å². The fourth-order valence-electron chi connectivity index (χ4n) is 2.05. The summed E-state index contributed by atoms with van der Waals surface area (Å²) in [7, 11) is 0. The van der Waals surface area contributed by atoms with Crippen LogP contribution in [-0.2, 0) is 0 Å². The molecular formula is C10H8N4O8. The number of rotatable bonds is 2. The molecule has 116 valence electrons. The Bertz CT molecular complexity index is 954. The molecule has 0 saturated heterocycles. The molecule has 0 aliphatic carbocycles. The van der Waals surface area contributed by atoms with E-state index < -0.39 is 48.9 Å². The summed E-state index contributed by atoms with van der Waals surface area (Å²) >= 11 is 0. The molecule has 0 radical (unpaired) electrons. The van der Waals surface area contributed by atoms with Crippen molar-refractivity contribution in [2.75, 3.05) is 0 Å². The van der Waals surface area contributed by atoms with Gasteiger partial charge in [-0.25, -0.2) is 0 Å². The van der Waals surface area contributed by atoms with Gasteiger partial charge in [-0.3, -0.25) is 25.0 Å². The van der Waals surface area contributed by atoms with Crippen molar-refractivity contribution in [2.24, 2.45) is 5.16 Å². The van der Waals surface area contributed by atoms with Crippen LogP contribution in [0.15, 0.2) is 14.4 Å². The van der Waals surface area contributed by atoms with Crippen molar-refractivity contribution in [1.29, 1.82) is 0 Å². The Morgan fingerprint density at radius 3 is 2.18 bits per heavy atom. The van der Waals surface area contributed by atoms with E-state index in [0.717, 1.165) is 13.8 Å². The molecule has 0 atom stereocenters. The average Bonchev–Trinajstić information content (AvgIpc) is 2.41. The maximum absolute atomic E-state index is 12.2. The molecule has 0 unspecified atom stereocenters. The molecule has 0 spiro atoms. The zero-order valence-electron chi connectivity index (χ0n) is 11.1. The Kier molecular flexibility index (Phi) is 3.29. The van der Waals surface area contributed by atoms with Gasteiger partial charge in [0.1, 0.15) is 11.1 Å². The molecule has 2 rings (SSSR count). The van der Waals surface area contributed by atoms with Crippen molar-refractivity contribution in [3.63, 3.8) is 0 Å². The van der Waals surface area contributed by atoms with E-state index in [1.807, 2.05) is 0 Å². The van der Waals surface area contributed by atoms with E-state index in [-0.39, 0.29) is 10.4 Å². The third-order valence-corrected chi connectivity index (χ3v) is 3.02. The van der Waals surface area contributed by atoms with Gasteiger partial charge in [-0.05, 0) is 6.92 Å². The summed E-state index contributed by atoms with van der Waals surface area (Å²) in [5.41, 5.74) is -4.13. The van der Waals surface area contributed by atoms with Crippen molar-refractivity contribution in [1.82, 2.24) is 4.73 Å². The summed E-state index contributed by atoms with van der Waals surface area (Å²) in [5.74, 6) is -0.414. The largest absolute Gasteiger partial charge is 0.435 e. The number of fused-ring (bicyclic) bond motifs is 1. The first-order valence-corrected chi connectivity index (χ1v) is 5.61. The van der Waals surface area contributed by atoms with Crippen molar-refractivity contribution >= 4 is 22.5 Å². The van der Waals surface area contributed by atoms with E-state index in [4.69, 9.17) is 9.62 Å². The Morgan fingerprint density at radius 1 is 1.18 bits per heavy atom. The highest BCUT2D eigenvalue weighted by atomic mass is 16.6. The SMILES string of the molecule is Cc1oc2c(c(=O)c1[N+](=O)[O-])/c(=N/O)c([N+](=O)[O-])c(C)n2O. The maximum Gasteiger partial charge on any atom is 0.354 e. The third kappa shape index (κ3) is 1.85. The minimum Gasteiger partial charge on any atom is -0.435 e. The van der Waals surface area contributed by atoms with Crippen LogP contribution in [0.4, 0.5) is 11.4 Å². The van der Waals surface area contributed by atoms with E-state index in [2.05, 4.69) is 5.16 Å². The molecule has 2 N–H and O–H groups in total. The number of nitrogens with zero attached hydrogens (tertiary/aromatic N) is 4. The number of pyridine rings is 1. The van der Waals surface area contributed by atoms with Crippen LogP contribution < -0.4 is 10.8 Å². The predicted octanol–water partition coefficient (Wildman–Crippen LogP) is 0.555. The average molecular weight is 312 g/mol. The van der Waals surface area contributed by atoms with Gasteiger partial charge in [0, 0.05) is 6.92 Å². The van der Waals surface area contributed by atoms with Gasteiger partial charge in [0.05, 0.1) is 9.85 Å². The Hall–Kier alpha value is -3.44. The second-order valence-electron chi connectivity index (χ2n) is 4.22. The summed E-state index contributed by atoms with van der Waals surface area (Å²) < 4.78 is 5.20. The number of aryl methyl sites for hydroxylation is 1. The van der Waals surface area contributed by atoms with Crippen molar-refractivity contribution in [2.45, 2.75) is 13.8 Å². The fourth-order valence-corrected chi connectivity index (χ4v) is 2.05. The van der Waals surface area contributed by atoms with E-state index in [1.54, 1.807) is 0 Å². The van der Waals surface area contributed by atoms with Gasteiger partial charge in [0.2, 0.25) is 5.71 Å². The van der Waals surface area contributed by atoms with Crippen LogP contribution >= 0.6 is 0 Å². The first-order valence-electron chi connectivity index (χ1n) is 5.61. The first-order chi connectivity index (χ1) is 10.2. The lowest BCUT2D eigenvalue weighted by Crippen LogP contribution is -2.25. The molecule has 0 fully saturated rings. The highest BCUT2D eigenvalue weighted by molar-refractivity contribution is 5.78. The molecule has 0 saturated carbocycles. The lowest BCUT2D eigenvalue weighted by molar-refractivity contribution is -0.388.